The molecule has 1 N–H and O–H groups in total. The smallest absolute Gasteiger partial charge is 0.270 e. The summed E-state index contributed by atoms with van der Waals surface area (Å²) in [4.78, 5) is 19.9. The second-order valence-corrected chi connectivity index (χ2v) is 3.72. The van der Waals surface area contributed by atoms with Crippen molar-refractivity contribution in [2.45, 2.75) is 40.2 Å². The number of aryl methyl sites for hydroxylation is 2. The van der Waals surface area contributed by atoms with Crippen LogP contribution in [0.5, 0.6) is 0 Å². The van der Waals surface area contributed by atoms with Gasteiger partial charge in [-0.05, 0) is 33.3 Å². The summed E-state index contributed by atoms with van der Waals surface area (Å²) in [7, 11) is 0. The van der Waals surface area contributed by atoms with Crippen LogP contribution in [0, 0.1) is 13.8 Å². The third-order valence-electron chi connectivity index (χ3n) is 2.19. The summed E-state index contributed by atoms with van der Waals surface area (Å²) in [5.41, 5.74) is 1.26. The average molecular weight is 207 g/mol. The third-order valence-corrected chi connectivity index (χ3v) is 2.19. The number of rotatable bonds is 3. The van der Waals surface area contributed by atoms with Gasteiger partial charge in [0.2, 0.25) is 0 Å². The van der Waals surface area contributed by atoms with E-state index in [1.165, 1.54) is 0 Å². The Morgan fingerprint density at radius 2 is 2.13 bits per heavy atom. The molecule has 0 spiro atoms. The molecule has 0 aliphatic heterocycles. The molecule has 0 aliphatic carbocycles. The quantitative estimate of drug-likeness (QED) is 0.819. The summed E-state index contributed by atoms with van der Waals surface area (Å²) < 4.78 is 0. The van der Waals surface area contributed by atoms with E-state index in [0.717, 1.165) is 12.1 Å². The molecule has 1 heterocycles. The van der Waals surface area contributed by atoms with E-state index in [1.807, 2.05) is 20.8 Å². The van der Waals surface area contributed by atoms with Crippen LogP contribution < -0.4 is 5.32 Å². The predicted octanol–water partition coefficient (Wildman–Crippen LogP) is 1.62. The lowest BCUT2D eigenvalue weighted by Crippen LogP contribution is -2.32. The maximum absolute atomic E-state index is 11.7. The fraction of sp³-hybridized carbons (Fsp3) is 0.545. The van der Waals surface area contributed by atoms with Crippen molar-refractivity contribution in [3.05, 3.63) is 23.3 Å². The summed E-state index contributed by atoms with van der Waals surface area (Å²) in [5, 5.41) is 2.87. The molecule has 0 aliphatic rings. The molecule has 1 amide bonds. The minimum atomic E-state index is -0.127. The molecule has 4 nitrogen and oxygen atoms in total. The molecule has 1 rings (SSSR count). The van der Waals surface area contributed by atoms with Gasteiger partial charge in [0.15, 0.2) is 0 Å². The van der Waals surface area contributed by atoms with Gasteiger partial charge in [0.05, 0.1) is 0 Å². The lowest BCUT2D eigenvalue weighted by Gasteiger charge is -2.11. The van der Waals surface area contributed by atoms with Crippen molar-refractivity contribution in [1.29, 1.82) is 0 Å². The fourth-order valence-electron chi connectivity index (χ4n) is 1.23. The lowest BCUT2D eigenvalue weighted by atomic mass is 10.2. The Balaban J connectivity index is 2.82. The van der Waals surface area contributed by atoms with Crippen LogP contribution >= 0.6 is 0 Å². The molecule has 0 aromatic carbocycles. The number of nitrogens with zero attached hydrogens (tertiary/aromatic N) is 2. The second kappa shape index (κ2) is 4.87. The van der Waals surface area contributed by atoms with Gasteiger partial charge < -0.3 is 5.32 Å². The van der Waals surface area contributed by atoms with Crippen molar-refractivity contribution >= 4 is 5.91 Å². The minimum absolute atomic E-state index is 0.127. The van der Waals surface area contributed by atoms with Gasteiger partial charge in [0.1, 0.15) is 11.5 Å². The maximum atomic E-state index is 11.7. The number of hydrogen-bond acceptors (Lipinski definition) is 3. The molecule has 1 aromatic rings. The highest BCUT2D eigenvalue weighted by Gasteiger charge is 2.10. The molecular weight excluding hydrogens is 190 g/mol. The van der Waals surface area contributed by atoms with Gasteiger partial charge in [-0.1, -0.05) is 6.92 Å². The topological polar surface area (TPSA) is 54.9 Å². The fourth-order valence-corrected chi connectivity index (χ4v) is 1.23. The first kappa shape index (κ1) is 11.6. The highest BCUT2D eigenvalue weighted by atomic mass is 16.1. The first-order valence-electron chi connectivity index (χ1n) is 5.16. The van der Waals surface area contributed by atoms with Crippen molar-refractivity contribution in [3.63, 3.8) is 0 Å². The molecule has 82 valence electrons. The Morgan fingerprint density at radius 1 is 1.47 bits per heavy atom. The monoisotopic (exact) mass is 207 g/mol. The molecule has 1 atom stereocenters. The Bertz CT molecular complexity index is 343. The number of amides is 1. The minimum Gasteiger partial charge on any atom is -0.348 e. The molecule has 1 unspecified atom stereocenters. The largest absolute Gasteiger partial charge is 0.348 e. The zero-order valence-electron chi connectivity index (χ0n) is 9.66. The van der Waals surface area contributed by atoms with Crippen LogP contribution in [0.2, 0.25) is 0 Å². The van der Waals surface area contributed by atoms with Gasteiger partial charge in [-0.15, -0.1) is 0 Å². The van der Waals surface area contributed by atoms with E-state index >= 15 is 0 Å². The summed E-state index contributed by atoms with van der Waals surface area (Å²) in [5.74, 6) is 0.502. The van der Waals surface area contributed by atoms with Crippen LogP contribution in [-0.2, 0) is 0 Å². The van der Waals surface area contributed by atoms with E-state index < -0.39 is 0 Å². The Labute approximate surface area is 90.1 Å². The second-order valence-electron chi connectivity index (χ2n) is 3.72. The highest BCUT2D eigenvalue weighted by Crippen LogP contribution is 2.01. The zero-order chi connectivity index (χ0) is 11.4. The first-order valence-corrected chi connectivity index (χ1v) is 5.16. The Morgan fingerprint density at radius 3 is 2.67 bits per heavy atom. The van der Waals surface area contributed by atoms with Crippen molar-refractivity contribution in [2.24, 2.45) is 0 Å². The summed E-state index contributed by atoms with van der Waals surface area (Å²) in [6, 6.07) is 1.87. The SMILES string of the molecule is CCC(C)NC(=O)c1cc(C)nc(C)n1. The molecule has 0 bridgehead atoms. The van der Waals surface area contributed by atoms with Gasteiger partial charge >= 0.3 is 0 Å². The summed E-state index contributed by atoms with van der Waals surface area (Å²) in [6.07, 6.45) is 0.911. The van der Waals surface area contributed by atoms with Crippen molar-refractivity contribution in [2.75, 3.05) is 0 Å². The van der Waals surface area contributed by atoms with Crippen molar-refractivity contribution < 1.29 is 4.79 Å². The van der Waals surface area contributed by atoms with Crippen molar-refractivity contribution in [1.82, 2.24) is 15.3 Å². The zero-order valence-corrected chi connectivity index (χ0v) is 9.66. The van der Waals surface area contributed by atoms with Gasteiger partial charge in [-0.3, -0.25) is 4.79 Å². The van der Waals surface area contributed by atoms with E-state index in [2.05, 4.69) is 15.3 Å². The molecule has 0 saturated heterocycles. The van der Waals surface area contributed by atoms with Crippen LogP contribution in [0.3, 0.4) is 0 Å². The maximum Gasteiger partial charge on any atom is 0.270 e. The van der Waals surface area contributed by atoms with E-state index in [9.17, 15) is 4.79 Å². The lowest BCUT2D eigenvalue weighted by molar-refractivity contribution is 0.0933. The van der Waals surface area contributed by atoms with Gasteiger partial charge in [0, 0.05) is 11.7 Å². The third kappa shape index (κ3) is 3.31. The summed E-state index contributed by atoms with van der Waals surface area (Å²) in [6.45, 7) is 7.64. The molecular formula is C11H17N3O. The molecule has 15 heavy (non-hydrogen) atoms. The van der Waals surface area contributed by atoms with E-state index in [1.54, 1.807) is 13.0 Å². The number of carbonyl (C=O) groups is 1. The normalized spacial score (nSPS) is 12.3. The Hall–Kier alpha value is -1.45. The summed E-state index contributed by atoms with van der Waals surface area (Å²) >= 11 is 0. The van der Waals surface area contributed by atoms with Gasteiger partial charge in [-0.2, -0.15) is 0 Å². The van der Waals surface area contributed by atoms with Crippen LogP contribution in [0.15, 0.2) is 6.07 Å². The number of hydrogen-bond donors (Lipinski definition) is 1. The highest BCUT2D eigenvalue weighted by molar-refractivity contribution is 5.92. The molecule has 0 radical (unpaired) electrons. The number of aromatic nitrogens is 2. The molecule has 4 heteroatoms. The van der Waals surface area contributed by atoms with Gasteiger partial charge in [0.25, 0.3) is 5.91 Å². The predicted molar refractivity (Wildman–Crippen MR) is 58.7 cm³/mol. The number of carbonyl (C=O) groups excluding carboxylic acids is 1. The molecule has 1 aromatic heterocycles. The van der Waals surface area contributed by atoms with Crippen LogP contribution in [-0.4, -0.2) is 21.9 Å². The van der Waals surface area contributed by atoms with E-state index in [0.29, 0.717) is 11.5 Å². The van der Waals surface area contributed by atoms with Crippen LogP contribution in [0.1, 0.15) is 42.3 Å². The average Bonchev–Trinajstić information content (AvgIpc) is 2.16. The number of nitrogens with one attached hydrogen (secondary N) is 1. The Kier molecular flexibility index (Phi) is 3.77. The molecule has 0 saturated carbocycles. The first-order chi connectivity index (χ1) is 7.02. The van der Waals surface area contributed by atoms with Crippen LogP contribution in [0.4, 0.5) is 0 Å². The van der Waals surface area contributed by atoms with Crippen LogP contribution in [0.25, 0.3) is 0 Å². The van der Waals surface area contributed by atoms with E-state index in [4.69, 9.17) is 0 Å². The standard InChI is InChI=1S/C11H17N3O/c1-5-7(2)13-11(15)10-6-8(3)12-9(4)14-10/h6-7H,5H2,1-4H3,(H,13,15). The van der Waals surface area contributed by atoms with E-state index in [-0.39, 0.29) is 11.9 Å². The molecule has 0 fully saturated rings. The van der Waals surface area contributed by atoms with Gasteiger partial charge in [-0.25, -0.2) is 9.97 Å². The van der Waals surface area contributed by atoms with Crippen molar-refractivity contribution in [3.8, 4) is 0 Å².